The molecule has 0 saturated carbocycles. The standard InChI is InChI=1S/C14H24N4O8/c1-6(2)11(18-9(20)4-15)13(24)17-8(5-19)12(23)16-7(14(25)26)3-10(21)22/h6-8,11,19H,3-5,15H2,1-2H3,(H,16,23)(H,17,24)(H,18,20)(H,21,22)(H,25,26). The number of aliphatic carboxylic acids is 2. The van der Waals surface area contributed by atoms with Crippen LogP contribution in [0.25, 0.3) is 0 Å². The van der Waals surface area contributed by atoms with E-state index in [1.165, 1.54) is 0 Å². The van der Waals surface area contributed by atoms with E-state index in [-0.39, 0.29) is 12.5 Å². The lowest BCUT2D eigenvalue weighted by atomic mass is 10.0. The molecule has 0 bridgehead atoms. The monoisotopic (exact) mass is 376 g/mol. The largest absolute Gasteiger partial charge is 0.481 e. The molecule has 26 heavy (non-hydrogen) atoms. The molecule has 0 spiro atoms. The molecule has 0 radical (unpaired) electrons. The zero-order chi connectivity index (χ0) is 20.4. The maximum Gasteiger partial charge on any atom is 0.326 e. The van der Waals surface area contributed by atoms with Crippen LogP contribution in [0.4, 0.5) is 0 Å². The predicted molar refractivity (Wildman–Crippen MR) is 86.7 cm³/mol. The number of rotatable bonds is 11. The maximum absolute atomic E-state index is 12.2. The number of carbonyl (C=O) groups is 5. The summed E-state index contributed by atoms with van der Waals surface area (Å²) in [5, 5.41) is 33.3. The van der Waals surface area contributed by atoms with Gasteiger partial charge in [-0.1, -0.05) is 13.8 Å². The Morgan fingerprint density at radius 2 is 1.46 bits per heavy atom. The third-order valence-corrected chi connectivity index (χ3v) is 3.26. The summed E-state index contributed by atoms with van der Waals surface area (Å²) in [7, 11) is 0. The molecule has 0 aliphatic rings. The van der Waals surface area contributed by atoms with Crippen LogP contribution in [0.5, 0.6) is 0 Å². The van der Waals surface area contributed by atoms with Crippen molar-refractivity contribution in [3.8, 4) is 0 Å². The summed E-state index contributed by atoms with van der Waals surface area (Å²) in [4.78, 5) is 57.2. The zero-order valence-electron chi connectivity index (χ0n) is 14.4. The topological polar surface area (TPSA) is 208 Å². The zero-order valence-corrected chi connectivity index (χ0v) is 14.4. The molecule has 0 aromatic heterocycles. The molecule has 12 heteroatoms. The number of hydrogen-bond acceptors (Lipinski definition) is 7. The van der Waals surface area contributed by atoms with Crippen molar-refractivity contribution in [2.45, 2.75) is 38.4 Å². The Morgan fingerprint density at radius 3 is 1.85 bits per heavy atom. The summed E-state index contributed by atoms with van der Waals surface area (Å²) < 4.78 is 0. The van der Waals surface area contributed by atoms with Gasteiger partial charge in [0.25, 0.3) is 0 Å². The van der Waals surface area contributed by atoms with Crippen molar-refractivity contribution in [1.82, 2.24) is 16.0 Å². The molecular weight excluding hydrogens is 352 g/mol. The highest BCUT2D eigenvalue weighted by atomic mass is 16.4. The number of carboxylic acids is 2. The van der Waals surface area contributed by atoms with Crippen molar-refractivity contribution in [2.75, 3.05) is 13.2 Å². The number of hydrogen-bond donors (Lipinski definition) is 7. The second kappa shape index (κ2) is 11.0. The Kier molecular flexibility index (Phi) is 9.84. The first-order valence-electron chi connectivity index (χ1n) is 7.69. The molecule has 3 atom stereocenters. The highest BCUT2D eigenvalue weighted by Crippen LogP contribution is 2.03. The minimum atomic E-state index is -1.73. The molecule has 8 N–H and O–H groups in total. The first-order chi connectivity index (χ1) is 12.0. The second-order valence-corrected chi connectivity index (χ2v) is 5.73. The predicted octanol–water partition coefficient (Wildman–Crippen LogP) is -3.39. The minimum Gasteiger partial charge on any atom is -0.481 e. The third-order valence-electron chi connectivity index (χ3n) is 3.26. The number of carbonyl (C=O) groups excluding carboxylic acids is 3. The van der Waals surface area contributed by atoms with Crippen molar-refractivity contribution in [1.29, 1.82) is 0 Å². The molecule has 148 valence electrons. The molecule has 0 aliphatic heterocycles. The van der Waals surface area contributed by atoms with Crippen LogP contribution in [0.2, 0.25) is 0 Å². The lowest BCUT2D eigenvalue weighted by Gasteiger charge is -2.25. The van der Waals surface area contributed by atoms with Gasteiger partial charge in [-0.2, -0.15) is 0 Å². The Hall–Kier alpha value is -2.73. The lowest BCUT2D eigenvalue weighted by molar-refractivity contribution is -0.147. The van der Waals surface area contributed by atoms with Gasteiger partial charge in [0.05, 0.1) is 19.6 Å². The van der Waals surface area contributed by atoms with Gasteiger partial charge in [-0.05, 0) is 5.92 Å². The fourth-order valence-electron chi connectivity index (χ4n) is 1.87. The summed E-state index contributed by atoms with van der Waals surface area (Å²) in [6, 6.07) is -4.31. The smallest absolute Gasteiger partial charge is 0.326 e. The van der Waals surface area contributed by atoms with Gasteiger partial charge in [0, 0.05) is 0 Å². The molecule has 0 rings (SSSR count). The average molecular weight is 376 g/mol. The number of aliphatic hydroxyl groups excluding tert-OH is 1. The van der Waals surface area contributed by atoms with E-state index in [4.69, 9.17) is 15.9 Å². The highest BCUT2D eigenvalue weighted by Gasteiger charge is 2.31. The van der Waals surface area contributed by atoms with Crippen molar-refractivity contribution >= 4 is 29.7 Å². The summed E-state index contributed by atoms with van der Waals surface area (Å²) in [5.41, 5.74) is 5.17. The van der Waals surface area contributed by atoms with E-state index in [2.05, 4.69) is 10.6 Å². The van der Waals surface area contributed by atoms with Gasteiger partial charge >= 0.3 is 11.9 Å². The van der Waals surface area contributed by atoms with Crippen LogP contribution in [0.1, 0.15) is 20.3 Å². The van der Waals surface area contributed by atoms with Crippen LogP contribution < -0.4 is 21.7 Å². The van der Waals surface area contributed by atoms with E-state index in [0.717, 1.165) is 0 Å². The van der Waals surface area contributed by atoms with Crippen molar-refractivity contribution in [3.05, 3.63) is 0 Å². The molecule has 0 heterocycles. The van der Waals surface area contributed by atoms with Gasteiger partial charge in [0.2, 0.25) is 17.7 Å². The second-order valence-electron chi connectivity index (χ2n) is 5.73. The van der Waals surface area contributed by atoms with E-state index in [9.17, 15) is 29.1 Å². The van der Waals surface area contributed by atoms with Gasteiger partial charge in [0.1, 0.15) is 18.1 Å². The van der Waals surface area contributed by atoms with Gasteiger partial charge in [0.15, 0.2) is 0 Å². The summed E-state index contributed by atoms with van der Waals surface area (Å²) in [5.74, 6) is -5.88. The van der Waals surface area contributed by atoms with Crippen molar-refractivity contribution < 1.29 is 39.3 Å². The molecule has 0 aromatic carbocycles. The van der Waals surface area contributed by atoms with Gasteiger partial charge in [-0.15, -0.1) is 0 Å². The van der Waals surface area contributed by atoms with Crippen molar-refractivity contribution in [2.24, 2.45) is 11.7 Å². The van der Waals surface area contributed by atoms with Crippen LogP contribution in [-0.2, 0) is 24.0 Å². The quantitative estimate of drug-likeness (QED) is 0.191. The molecule has 3 unspecified atom stereocenters. The highest BCUT2D eigenvalue weighted by molar-refractivity contribution is 5.94. The average Bonchev–Trinajstić information content (AvgIpc) is 2.55. The first kappa shape index (κ1) is 23.3. The Bertz CT molecular complexity index is 551. The van der Waals surface area contributed by atoms with Crippen LogP contribution in [0, 0.1) is 5.92 Å². The van der Waals surface area contributed by atoms with Crippen LogP contribution in [0.3, 0.4) is 0 Å². The Morgan fingerprint density at radius 1 is 0.923 bits per heavy atom. The normalized spacial score (nSPS) is 14.0. The molecule has 3 amide bonds. The molecule has 0 aromatic rings. The number of amides is 3. The fraction of sp³-hybridized carbons (Fsp3) is 0.643. The Balaban J connectivity index is 5.06. The third kappa shape index (κ3) is 7.90. The van der Waals surface area contributed by atoms with Crippen molar-refractivity contribution in [3.63, 3.8) is 0 Å². The molecule has 12 nitrogen and oxygen atoms in total. The summed E-state index contributed by atoms with van der Waals surface area (Å²) >= 11 is 0. The van der Waals surface area contributed by atoms with Gasteiger partial charge in [-0.3, -0.25) is 19.2 Å². The number of aliphatic hydroxyl groups is 1. The van der Waals surface area contributed by atoms with E-state index in [0.29, 0.717) is 0 Å². The molecular formula is C14H24N4O8. The fourth-order valence-corrected chi connectivity index (χ4v) is 1.87. The van der Waals surface area contributed by atoms with Crippen LogP contribution in [-0.4, -0.2) is 76.3 Å². The molecule has 0 saturated heterocycles. The summed E-state index contributed by atoms with van der Waals surface area (Å²) in [6.45, 7) is 2.04. The summed E-state index contributed by atoms with van der Waals surface area (Å²) in [6.07, 6.45) is -0.881. The number of carboxylic acid groups (broad SMARTS) is 2. The molecule has 0 aliphatic carbocycles. The van der Waals surface area contributed by atoms with E-state index < -0.39 is 60.8 Å². The SMILES string of the molecule is CC(C)C(NC(=O)CN)C(=O)NC(CO)C(=O)NC(CC(=O)O)C(=O)O. The minimum absolute atomic E-state index is 0.351. The van der Waals surface area contributed by atoms with Crippen LogP contribution in [0.15, 0.2) is 0 Å². The maximum atomic E-state index is 12.2. The van der Waals surface area contributed by atoms with Gasteiger partial charge in [-0.25, -0.2) is 4.79 Å². The van der Waals surface area contributed by atoms with Gasteiger partial charge < -0.3 is 37.0 Å². The number of nitrogens with one attached hydrogen (secondary N) is 3. The van der Waals surface area contributed by atoms with Crippen LogP contribution >= 0.6 is 0 Å². The van der Waals surface area contributed by atoms with E-state index >= 15 is 0 Å². The number of nitrogens with two attached hydrogens (primary N) is 1. The van der Waals surface area contributed by atoms with E-state index in [1.807, 2.05) is 5.32 Å². The lowest BCUT2D eigenvalue weighted by Crippen LogP contribution is -2.58. The van der Waals surface area contributed by atoms with E-state index in [1.54, 1.807) is 13.8 Å². The first-order valence-corrected chi connectivity index (χ1v) is 7.69. The Labute approximate surface area is 149 Å². The molecule has 0 fully saturated rings.